The Morgan fingerprint density at radius 1 is 1.25 bits per heavy atom. The predicted molar refractivity (Wildman–Crippen MR) is 49.9 cm³/mol. The molecule has 1 aromatic rings. The molecule has 0 bridgehead atoms. The van der Waals surface area contributed by atoms with E-state index in [2.05, 4.69) is 0 Å². The van der Waals surface area contributed by atoms with Crippen molar-refractivity contribution in [3.05, 3.63) is 29.8 Å². The van der Waals surface area contributed by atoms with Crippen molar-refractivity contribution in [2.45, 2.75) is 6.92 Å². The van der Waals surface area contributed by atoms with Gasteiger partial charge < -0.3 is 0 Å². The monoisotopic (exact) mass is 185 g/mol. The molecule has 0 aliphatic carbocycles. The van der Waals surface area contributed by atoms with E-state index in [4.69, 9.17) is 0 Å². The summed E-state index contributed by atoms with van der Waals surface area (Å²) in [6, 6.07) is 7.35. The van der Waals surface area contributed by atoms with E-state index < -0.39 is 10.9 Å². The summed E-state index contributed by atoms with van der Waals surface area (Å²) in [6.07, 6.45) is 0. The van der Waals surface area contributed by atoms with E-state index in [1.54, 1.807) is 6.07 Å². The first-order valence-corrected chi connectivity index (χ1v) is 4.69. The van der Waals surface area contributed by atoms with E-state index in [0.717, 1.165) is 11.3 Å². The molecule has 0 saturated heterocycles. The molecule has 0 radical (unpaired) electrons. The molecule has 1 aromatic carbocycles. The second kappa shape index (κ2) is 3.58. The molecular formula is C8H11NO2S. The highest BCUT2D eigenvalue weighted by molar-refractivity contribution is 7.74. The number of aryl methyl sites for hydroxylation is 1. The quantitative estimate of drug-likeness (QED) is 0.697. The normalized spacial score (nSPS) is 10.2. The average molecular weight is 185 g/mol. The fraction of sp³-hybridized carbons (Fsp3) is 0.250. The second-order valence-electron chi connectivity index (χ2n) is 2.55. The summed E-state index contributed by atoms with van der Waals surface area (Å²) in [5.74, 6) is 0. The highest BCUT2D eigenvalue weighted by Crippen LogP contribution is 2.17. The zero-order valence-electron chi connectivity index (χ0n) is 7.02. The van der Waals surface area contributed by atoms with Gasteiger partial charge in [-0.1, -0.05) is 18.2 Å². The number of rotatable bonds is 2. The first-order valence-electron chi connectivity index (χ1n) is 3.56. The molecule has 0 N–H and O–H groups in total. The van der Waals surface area contributed by atoms with Crippen molar-refractivity contribution in [3.63, 3.8) is 0 Å². The number of nitrogens with zero attached hydrogens (tertiary/aromatic N) is 1. The minimum absolute atomic E-state index is 0.730. The molecule has 0 unspecified atom stereocenters. The van der Waals surface area contributed by atoms with Crippen LogP contribution in [0.1, 0.15) is 5.56 Å². The first-order chi connectivity index (χ1) is 5.63. The smallest absolute Gasteiger partial charge is 0.224 e. The van der Waals surface area contributed by atoms with Crippen LogP contribution in [0.2, 0.25) is 0 Å². The number of hydrogen-bond donors (Lipinski definition) is 1. The fourth-order valence-corrected chi connectivity index (χ4v) is 1.41. The van der Waals surface area contributed by atoms with Crippen LogP contribution in [0.15, 0.2) is 24.3 Å². The Morgan fingerprint density at radius 2 is 1.83 bits per heavy atom. The van der Waals surface area contributed by atoms with Crippen LogP contribution in [0, 0.1) is 6.92 Å². The minimum Gasteiger partial charge on any atom is -0.275 e. The molecule has 0 fully saturated rings. The highest BCUT2D eigenvalue weighted by atomic mass is 32.2. The molecule has 0 amide bonds. The van der Waals surface area contributed by atoms with E-state index in [9.17, 15) is 8.42 Å². The van der Waals surface area contributed by atoms with E-state index >= 15 is 0 Å². The summed E-state index contributed by atoms with van der Waals surface area (Å²) in [5, 5.41) is 0. The molecule has 4 heteroatoms. The lowest BCUT2D eigenvalue weighted by molar-refractivity contribution is 0.613. The standard InChI is InChI=1S/C8H11NO2S/c1-7-5-3-4-6-8(7)9(2)12(10)11/h3-6,12H,1-2H3. The molecule has 0 aliphatic heterocycles. The molecule has 1 rings (SSSR count). The van der Waals surface area contributed by atoms with Crippen LogP contribution in [0.4, 0.5) is 5.69 Å². The van der Waals surface area contributed by atoms with E-state index in [-0.39, 0.29) is 0 Å². The molecule has 0 saturated carbocycles. The molecule has 3 nitrogen and oxygen atoms in total. The molecule has 0 aromatic heterocycles. The van der Waals surface area contributed by atoms with Gasteiger partial charge in [-0.15, -0.1) is 0 Å². The van der Waals surface area contributed by atoms with Gasteiger partial charge in [0.25, 0.3) is 0 Å². The summed E-state index contributed by atoms with van der Waals surface area (Å²) in [4.78, 5) is 0. The van der Waals surface area contributed by atoms with Gasteiger partial charge in [0.2, 0.25) is 10.9 Å². The molecule has 0 atom stereocenters. The van der Waals surface area contributed by atoms with Crippen molar-refractivity contribution in [1.29, 1.82) is 0 Å². The van der Waals surface area contributed by atoms with Gasteiger partial charge in [-0.3, -0.25) is 4.31 Å². The van der Waals surface area contributed by atoms with E-state index in [1.165, 1.54) is 11.4 Å². The zero-order valence-corrected chi connectivity index (χ0v) is 7.91. The van der Waals surface area contributed by atoms with Gasteiger partial charge in [0.05, 0.1) is 5.69 Å². The van der Waals surface area contributed by atoms with Crippen molar-refractivity contribution in [3.8, 4) is 0 Å². The average Bonchev–Trinajstić information content (AvgIpc) is 2.04. The van der Waals surface area contributed by atoms with Gasteiger partial charge in [0.1, 0.15) is 0 Å². The number of anilines is 1. The summed E-state index contributed by atoms with van der Waals surface area (Å²) in [7, 11) is -0.985. The molecule has 66 valence electrons. The number of thiol groups is 1. The first kappa shape index (κ1) is 9.06. The minimum atomic E-state index is -2.52. The highest BCUT2D eigenvalue weighted by Gasteiger charge is 2.03. The van der Waals surface area contributed by atoms with Crippen molar-refractivity contribution in [2.75, 3.05) is 11.4 Å². The summed E-state index contributed by atoms with van der Waals surface area (Å²) in [5.41, 5.74) is 1.69. The summed E-state index contributed by atoms with van der Waals surface area (Å²) >= 11 is 0. The third-order valence-corrected chi connectivity index (χ3v) is 2.41. The van der Waals surface area contributed by atoms with Gasteiger partial charge in [-0.25, -0.2) is 8.42 Å². The van der Waals surface area contributed by atoms with Crippen molar-refractivity contribution < 1.29 is 8.42 Å². The number of benzene rings is 1. The molecule has 0 spiro atoms. The number of hydrogen-bond acceptors (Lipinski definition) is 2. The Morgan fingerprint density at radius 3 is 2.33 bits per heavy atom. The Hall–Kier alpha value is -1.03. The Labute approximate surface area is 73.7 Å². The maximum atomic E-state index is 10.6. The van der Waals surface area contributed by atoms with Crippen LogP contribution in [0.5, 0.6) is 0 Å². The molecule has 0 heterocycles. The lowest BCUT2D eigenvalue weighted by atomic mass is 10.2. The van der Waals surface area contributed by atoms with Gasteiger partial charge in [-0.2, -0.15) is 0 Å². The Kier molecular flexibility index (Phi) is 2.70. The Bertz CT molecular complexity index is 339. The van der Waals surface area contributed by atoms with Crippen LogP contribution >= 0.6 is 0 Å². The van der Waals surface area contributed by atoms with Crippen molar-refractivity contribution >= 4 is 16.6 Å². The zero-order chi connectivity index (χ0) is 9.14. The van der Waals surface area contributed by atoms with E-state index in [0.29, 0.717) is 0 Å². The molecule has 12 heavy (non-hydrogen) atoms. The molecule has 0 aliphatic rings. The van der Waals surface area contributed by atoms with Crippen LogP contribution in [-0.4, -0.2) is 15.5 Å². The van der Waals surface area contributed by atoms with Gasteiger partial charge in [0, 0.05) is 7.05 Å². The van der Waals surface area contributed by atoms with Crippen molar-refractivity contribution in [2.24, 2.45) is 0 Å². The van der Waals surface area contributed by atoms with Gasteiger partial charge in [0.15, 0.2) is 0 Å². The topological polar surface area (TPSA) is 37.4 Å². The lowest BCUT2D eigenvalue weighted by Crippen LogP contribution is -2.14. The van der Waals surface area contributed by atoms with Crippen LogP contribution in [0.25, 0.3) is 0 Å². The van der Waals surface area contributed by atoms with Crippen LogP contribution in [-0.2, 0) is 10.9 Å². The van der Waals surface area contributed by atoms with Crippen LogP contribution in [0.3, 0.4) is 0 Å². The van der Waals surface area contributed by atoms with E-state index in [1.807, 2.05) is 25.1 Å². The molecular weight excluding hydrogens is 174 g/mol. The van der Waals surface area contributed by atoms with Crippen LogP contribution < -0.4 is 4.31 Å². The van der Waals surface area contributed by atoms with Gasteiger partial charge in [-0.05, 0) is 18.6 Å². The maximum Gasteiger partial charge on any atom is 0.224 e. The SMILES string of the molecule is Cc1ccccc1N(C)[SH](=O)=O. The summed E-state index contributed by atoms with van der Waals surface area (Å²) in [6.45, 7) is 1.88. The summed E-state index contributed by atoms with van der Waals surface area (Å²) < 4.78 is 22.5. The van der Waals surface area contributed by atoms with Crippen molar-refractivity contribution in [1.82, 2.24) is 0 Å². The maximum absolute atomic E-state index is 10.6. The van der Waals surface area contributed by atoms with Gasteiger partial charge >= 0.3 is 0 Å². The second-order valence-corrected chi connectivity index (χ2v) is 3.62. The third-order valence-electron chi connectivity index (χ3n) is 1.71. The Balaban J connectivity index is 3.11. The largest absolute Gasteiger partial charge is 0.275 e. The fourth-order valence-electron chi connectivity index (χ4n) is 1.01. The third kappa shape index (κ3) is 1.76. The lowest BCUT2D eigenvalue weighted by Gasteiger charge is -2.12. The number of para-hydroxylation sites is 1. The predicted octanol–water partition coefficient (Wildman–Crippen LogP) is 0.958.